The zero-order chi connectivity index (χ0) is 22.2. The van der Waals surface area contributed by atoms with Crippen molar-refractivity contribution in [1.82, 2.24) is 9.80 Å². The van der Waals surface area contributed by atoms with Crippen LogP contribution in [0.1, 0.15) is 17.0 Å². The Morgan fingerprint density at radius 3 is 2.52 bits per heavy atom. The van der Waals surface area contributed by atoms with E-state index in [4.69, 9.17) is 9.47 Å². The average molecular weight is 433 g/mol. The van der Waals surface area contributed by atoms with Gasteiger partial charge in [-0.1, -0.05) is 24.3 Å². The van der Waals surface area contributed by atoms with E-state index in [0.29, 0.717) is 26.2 Å². The van der Waals surface area contributed by atoms with Crippen LogP contribution in [0.5, 0.6) is 0 Å². The van der Waals surface area contributed by atoms with Crippen molar-refractivity contribution in [2.75, 3.05) is 53.6 Å². The summed E-state index contributed by atoms with van der Waals surface area (Å²) in [5.74, 6) is -0.406. The van der Waals surface area contributed by atoms with Crippen molar-refractivity contribution in [2.45, 2.75) is 12.5 Å². The summed E-state index contributed by atoms with van der Waals surface area (Å²) in [6, 6.07) is 13.2. The van der Waals surface area contributed by atoms with E-state index in [1.54, 1.807) is 36.3 Å². The van der Waals surface area contributed by atoms with Crippen LogP contribution in [0.2, 0.25) is 0 Å². The molecule has 1 aliphatic heterocycles. The second-order valence-electron chi connectivity index (χ2n) is 8.01. The monoisotopic (exact) mass is 432 g/mol. The van der Waals surface area contributed by atoms with Gasteiger partial charge in [-0.05, 0) is 41.3 Å². The lowest BCUT2D eigenvalue weighted by molar-refractivity contribution is -0.136. The zero-order valence-electron chi connectivity index (χ0n) is 18.1. The van der Waals surface area contributed by atoms with E-state index in [0.717, 1.165) is 24.2 Å². The summed E-state index contributed by atoms with van der Waals surface area (Å²) < 4.78 is 37.4. The number of hydrogen-bond acceptors (Lipinski definition) is 4. The molecule has 2 aromatic carbocycles. The molecule has 0 saturated carbocycles. The lowest BCUT2D eigenvalue weighted by Crippen LogP contribution is -2.41. The van der Waals surface area contributed by atoms with Gasteiger partial charge in [0.1, 0.15) is 18.2 Å². The molecular formula is C24H30F2N2O3. The van der Waals surface area contributed by atoms with Crippen LogP contribution in [0.4, 0.5) is 8.78 Å². The van der Waals surface area contributed by atoms with Gasteiger partial charge in [0.2, 0.25) is 5.91 Å². The number of methoxy groups -OCH3 is 2. The lowest BCUT2D eigenvalue weighted by Gasteiger charge is -2.28. The first-order valence-electron chi connectivity index (χ1n) is 10.5. The molecule has 0 aromatic heterocycles. The van der Waals surface area contributed by atoms with Crippen molar-refractivity contribution in [2.24, 2.45) is 5.92 Å². The molecule has 1 amide bonds. The summed E-state index contributed by atoms with van der Waals surface area (Å²) >= 11 is 0. The van der Waals surface area contributed by atoms with Crippen molar-refractivity contribution in [3.8, 4) is 0 Å². The highest BCUT2D eigenvalue weighted by Crippen LogP contribution is 2.34. The molecule has 0 aliphatic carbocycles. The van der Waals surface area contributed by atoms with Gasteiger partial charge < -0.3 is 14.4 Å². The predicted molar refractivity (Wildman–Crippen MR) is 115 cm³/mol. The molecule has 1 aliphatic rings. The number of amides is 1. The van der Waals surface area contributed by atoms with E-state index in [1.807, 2.05) is 6.07 Å². The SMILES string of the molecule is COCCN(C[C@@H]1CN(Cc2ccc(F)cc2)C[C@@H]1c1cccc(F)c1)C(=O)COC. The molecular weight excluding hydrogens is 402 g/mol. The van der Waals surface area contributed by atoms with Crippen molar-refractivity contribution < 1.29 is 23.0 Å². The minimum Gasteiger partial charge on any atom is -0.383 e. The van der Waals surface area contributed by atoms with E-state index < -0.39 is 0 Å². The van der Waals surface area contributed by atoms with Gasteiger partial charge in [0.05, 0.1) is 6.61 Å². The third kappa shape index (κ3) is 6.56. The van der Waals surface area contributed by atoms with Gasteiger partial charge in [-0.25, -0.2) is 8.78 Å². The molecule has 2 atom stereocenters. The van der Waals surface area contributed by atoms with Crippen molar-refractivity contribution in [1.29, 1.82) is 0 Å². The molecule has 0 unspecified atom stereocenters. The Morgan fingerprint density at radius 1 is 1.06 bits per heavy atom. The van der Waals surface area contributed by atoms with Gasteiger partial charge in [0, 0.05) is 52.9 Å². The molecule has 0 radical (unpaired) electrons. The number of carbonyl (C=O) groups excluding carboxylic acids is 1. The predicted octanol–water partition coefficient (Wildman–Crippen LogP) is 3.30. The van der Waals surface area contributed by atoms with Crippen LogP contribution in [-0.4, -0.2) is 69.3 Å². The molecule has 0 spiro atoms. The molecule has 7 heteroatoms. The third-order valence-corrected chi connectivity index (χ3v) is 5.75. The maximum Gasteiger partial charge on any atom is 0.248 e. The quantitative estimate of drug-likeness (QED) is 0.578. The second kappa shape index (κ2) is 11.3. The minimum absolute atomic E-state index is 0.0142. The summed E-state index contributed by atoms with van der Waals surface area (Å²) in [6.45, 7) is 3.62. The minimum atomic E-state index is -0.264. The normalized spacial score (nSPS) is 19.0. The van der Waals surface area contributed by atoms with Crippen LogP contribution in [0, 0.1) is 17.6 Å². The van der Waals surface area contributed by atoms with Gasteiger partial charge in [-0.3, -0.25) is 9.69 Å². The summed E-state index contributed by atoms with van der Waals surface area (Å²) in [7, 11) is 3.11. The summed E-state index contributed by atoms with van der Waals surface area (Å²) in [5.41, 5.74) is 1.95. The molecule has 1 saturated heterocycles. The highest BCUT2D eigenvalue weighted by Gasteiger charge is 2.35. The van der Waals surface area contributed by atoms with Crippen LogP contribution in [0.25, 0.3) is 0 Å². The molecule has 0 N–H and O–H groups in total. The maximum atomic E-state index is 13.9. The number of carbonyl (C=O) groups is 1. The standard InChI is InChI=1S/C24H30F2N2O3/c1-30-11-10-28(24(29)17-31-2)15-20-14-27(13-18-6-8-21(25)9-7-18)16-23(20)19-4-3-5-22(26)12-19/h3-9,12,20,23H,10-11,13-17H2,1-2H3/t20-,23+/m0/s1. The highest BCUT2D eigenvalue weighted by molar-refractivity contribution is 5.77. The first-order valence-corrected chi connectivity index (χ1v) is 10.5. The molecule has 3 rings (SSSR count). The molecule has 2 aromatic rings. The molecule has 1 fully saturated rings. The maximum absolute atomic E-state index is 13.9. The smallest absolute Gasteiger partial charge is 0.248 e. The first kappa shape index (κ1) is 23.3. The molecule has 0 bridgehead atoms. The largest absolute Gasteiger partial charge is 0.383 e. The van der Waals surface area contributed by atoms with Crippen LogP contribution >= 0.6 is 0 Å². The van der Waals surface area contributed by atoms with Gasteiger partial charge in [0.25, 0.3) is 0 Å². The third-order valence-electron chi connectivity index (χ3n) is 5.75. The Balaban J connectivity index is 1.79. The molecule has 168 valence electrons. The average Bonchev–Trinajstić information content (AvgIpc) is 3.15. The number of ether oxygens (including phenoxy) is 2. The fourth-order valence-electron chi connectivity index (χ4n) is 4.25. The summed E-state index contributed by atoms with van der Waals surface area (Å²) in [6.07, 6.45) is 0. The lowest BCUT2D eigenvalue weighted by atomic mass is 9.88. The fourth-order valence-corrected chi connectivity index (χ4v) is 4.25. The van der Waals surface area contributed by atoms with Crippen LogP contribution in [0.3, 0.4) is 0 Å². The Bertz CT molecular complexity index is 847. The fraction of sp³-hybridized carbons (Fsp3) is 0.458. The van der Waals surface area contributed by atoms with E-state index >= 15 is 0 Å². The van der Waals surface area contributed by atoms with E-state index in [2.05, 4.69) is 4.90 Å². The van der Waals surface area contributed by atoms with Crippen LogP contribution in [-0.2, 0) is 20.8 Å². The number of benzene rings is 2. The Hall–Kier alpha value is -2.35. The number of rotatable bonds is 10. The Morgan fingerprint density at radius 2 is 1.84 bits per heavy atom. The van der Waals surface area contributed by atoms with Gasteiger partial charge in [-0.2, -0.15) is 0 Å². The highest BCUT2D eigenvalue weighted by atomic mass is 19.1. The van der Waals surface area contributed by atoms with E-state index in [1.165, 1.54) is 25.3 Å². The molecule has 5 nitrogen and oxygen atoms in total. The number of halogens is 2. The summed E-state index contributed by atoms with van der Waals surface area (Å²) in [5, 5.41) is 0. The van der Waals surface area contributed by atoms with Crippen molar-refractivity contribution in [3.05, 3.63) is 71.3 Å². The van der Waals surface area contributed by atoms with Gasteiger partial charge >= 0.3 is 0 Å². The summed E-state index contributed by atoms with van der Waals surface area (Å²) in [4.78, 5) is 16.6. The van der Waals surface area contributed by atoms with E-state index in [-0.39, 0.29) is 36.0 Å². The Labute approximate surface area is 182 Å². The second-order valence-corrected chi connectivity index (χ2v) is 8.01. The molecule has 1 heterocycles. The number of hydrogen-bond donors (Lipinski definition) is 0. The van der Waals surface area contributed by atoms with Crippen LogP contribution in [0.15, 0.2) is 48.5 Å². The zero-order valence-corrected chi connectivity index (χ0v) is 18.1. The Kier molecular flexibility index (Phi) is 8.51. The van der Waals surface area contributed by atoms with Crippen molar-refractivity contribution in [3.63, 3.8) is 0 Å². The van der Waals surface area contributed by atoms with Gasteiger partial charge in [0.15, 0.2) is 0 Å². The number of likely N-dealkylation sites (tertiary alicyclic amines) is 1. The van der Waals surface area contributed by atoms with E-state index in [9.17, 15) is 13.6 Å². The molecule has 31 heavy (non-hydrogen) atoms. The van der Waals surface area contributed by atoms with Crippen molar-refractivity contribution >= 4 is 5.91 Å². The van der Waals surface area contributed by atoms with Crippen LogP contribution < -0.4 is 0 Å². The topological polar surface area (TPSA) is 42.0 Å². The van der Waals surface area contributed by atoms with Gasteiger partial charge in [-0.15, -0.1) is 0 Å². The number of nitrogens with zero attached hydrogens (tertiary/aromatic N) is 2. The first-order chi connectivity index (χ1) is 15.0.